The standard InChI is InChI=1S/C16H9F6N/c17-15(18,19)13-6-2-1-4-11(13)10-5-3-7-14(16(20,21)22)12(10)8-9-23/h1-7H,8H2. The van der Waals surface area contributed by atoms with Crippen molar-refractivity contribution < 1.29 is 26.3 Å². The fourth-order valence-electron chi connectivity index (χ4n) is 2.34. The lowest BCUT2D eigenvalue weighted by Gasteiger charge is -2.18. The molecule has 0 unspecified atom stereocenters. The van der Waals surface area contributed by atoms with Crippen molar-refractivity contribution in [2.75, 3.05) is 0 Å². The molecule has 2 aromatic rings. The van der Waals surface area contributed by atoms with Crippen molar-refractivity contribution in [2.24, 2.45) is 0 Å². The van der Waals surface area contributed by atoms with Crippen LogP contribution >= 0.6 is 0 Å². The molecular formula is C16H9F6N. The molecule has 0 aliphatic carbocycles. The first kappa shape index (κ1) is 16.9. The topological polar surface area (TPSA) is 23.8 Å². The van der Waals surface area contributed by atoms with Gasteiger partial charge in [0, 0.05) is 0 Å². The van der Waals surface area contributed by atoms with Gasteiger partial charge < -0.3 is 0 Å². The van der Waals surface area contributed by atoms with Crippen LogP contribution in [0.3, 0.4) is 0 Å². The summed E-state index contributed by atoms with van der Waals surface area (Å²) in [5.41, 5.74) is -3.23. The van der Waals surface area contributed by atoms with E-state index in [-0.39, 0.29) is 11.1 Å². The summed E-state index contributed by atoms with van der Waals surface area (Å²) < 4.78 is 78.5. The minimum Gasteiger partial charge on any atom is -0.198 e. The Kier molecular flexibility index (Phi) is 4.37. The van der Waals surface area contributed by atoms with Gasteiger partial charge in [-0.1, -0.05) is 30.3 Å². The minimum absolute atomic E-state index is 0.241. The lowest BCUT2D eigenvalue weighted by Crippen LogP contribution is -2.12. The maximum absolute atomic E-state index is 13.1. The summed E-state index contributed by atoms with van der Waals surface area (Å²) in [5.74, 6) is 0. The Labute approximate surface area is 127 Å². The number of hydrogen-bond acceptors (Lipinski definition) is 1. The van der Waals surface area contributed by atoms with Gasteiger partial charge in [-0.05, 0) is 28.8 Å². The first-order chi connectivity index (χ1) is 10.7. The summed E-state index contributed by atoms with van der Waals surface area (Å²) in [6.07, 6.45) is -10.1. The average Bonchev–Trinajstić information content (AvgIpc) is 2.46. The minimum atomic E-state index is -4.75. The largest absolute Gasteiger partial charge is 0.417 e. The highest BCUT2D eigenvalue weighted by atomic mass is 19.4. The van der Waals surface area contributed by atoms with E-state index < -0.39 is 35.5 Å². The molecule has 0 aromatic heterocycles. The van der Waals surface area contributed by atoms with E-state index in [1.807, 2.05) is 0 Å². The summed E-state index contributed by atoms with van der Waals surface area (Å²) in [6.45, 7) is 0. The average molecular weight is 329 g/mol. The highest BCUT2D eigenvalue weighted by molar-refractivity contribution is 5.73. The monoisotopic (exact) mass is 329 g/mol. The van der Waals surface area contributed by atoms with Crippen LogP contribution in [0, 0.1) is 11.3 Å². The lowest BCUT2D eigenvalue weighted by molar-refractivity contribution is -0.138. The van der Waals surface area contributed by atoms with Crippen molar-refractivity contribution >= 4 is 0 Å². The van der Waals surface area contributed by atoms with Crippen LogP contribution in [-0.2, 0) is 18.8 Å². The predicted octanol–water partition coefficient (Wildman–Crippen LogP) is 5.46. The fraction of sp³-hybridized carbons (Fsp3) is 0.188. The van der Waals surface area contributed by atoms with Gasteiger partial charge in [0.15, 0.2) is 0 Å². The summed E-state index contributed by atoms with van der Waals surface area (Å²) in [5, 5.41) is 8.77. The van der Waals surface area contributed by atoms with Gasteiger partial charge >= 0.3 is 12.4 Å². The van der Waals surface area contributed by atoms with Gasteiger partial charge in [0.25, 0.3) is 0 Å². The van der Waals surface area contributed by atoms with Gasteiger partial charge in [0.2, 0.25) is 0 Å². The molecule has 0 N–H and O–H groups in total. The Morgan fingerprint density at radius 1 is 0.739 bits per heavy atom. The molecule has 0 heterocycles. The number of halogens is 6. The molecule has 0 aliphatic heterocycles. The van der Waals surface area contributed by atoms with E-state index >= 15 is 0 Å². The van der Waals surface area contributed by atoms with Crippen LogP contribution in [-0.4, -0.2) is 0 Å². The van der Waals surface area contributed by atoms with Gasteiger partial charge in [-0.15, -0.1) is 0 Å². The van der Waals surface area contributed by atoms with Gasteiger partial charge in [0.1, 0.15) is 0 Å². The van der Waals surface area contributed by atoms with Crippen molar-refractivity contribution in [3.05, 3.63) is 59.2 Å². The van der Waals surface area contributed by atoms with Crippen LogP contribution in [0.15, 0.2) is 42.5 Å². The highest BCUT2D eigenvalue weighted by Gasteiger charge is 2.37. The van der Waals surface area contributed by atoms with E-state index in [9.17, 15) is 26.3 Å². The third-order valence-electron chi connectivity index (χ3n) is 3.26. The number of nitrogens with zero attached hydrogens (tertiary/aromatic N) is 1. The van der Waals surface area contributed by atoms with E-state index in [0.717, 1.165) is 36.4 Å². The third kappa shape index (κ3) is 3.47. The Bertz CT molecular complexity index is 752. The van der Waals surface area contributed by atoms with Crippen molar-refractivity contribution in [2.45, 2.75) is 18.8 Å². The summed E-state index contributed by atoms with van der Waals surface area (Å²) in [4.78, 5) is 0. The zero-order valence-corrected chi connectivity index (χ0v) is 11.5. The zero-order valence-electron chi connectivity index (χ0n) is 11.5. The van der Waals surface area contributed by atoms with Crippen molar-refractivity contribution in [3.63, 3.8) is 0 Å². The molecule has 0 saturated carbocycles. The molecule has 1 nitrogen and oxygen atoms in total. The quantitative estimate of drug-likeness (QED) is 0.671. The first-order valence-electron chi connectivity index (χ1n) is 6.39. The number of nitriles is 1. The Hall–Kier alpha value is -2.49. The second-order valence-electron chi connectivity index (χ2n) is 4.71. The molecule has 0 spiro atoms. The molecule has 7 heteroatoms. The second kappa shape index (κ2) is 5.95. The lowest BCUT2D eigenvalue weighted by atomic mass is 9.90. The normalized spacial score (nSPS) is 12.0. The first-order valence-corrected chi connectivity index (χ1v) is 6.39. The van der Waals surface area contributed by atoms with Crippen LogP contribution in [0.2, 0.25) is 0 Å². The van der Waals surface area contributed by atoms with E-state index in [0.29, 0.717) is 0 Å². The van der Waals surface area contributed by atoms with Crippen molar-refractivity contribution in [3.8, 4) is 17.2 Å². The maximum atomic E-state index is 13.1. The van der Waals surface area contributed by atoms with Gasteiger partial charge in [-0.25, -0.2) is 0 Å². The van der Waals surface area contributed by atoms with Crippen LogP contribution in [0.25, 0.3) is 11.1 Å². The number of benzene rings is 2. The molecule has 0 bridgehead atoms. The molecule has 0 aliphatic rings. The number of hydrogen-bond donors (Lipinski definition) is 0. The molecule has 0 radical (unpaired) electrons. The van der Waals surface area contributed by atoms with Crippen LogP contribution in [0.4, 0.5) is 26.3 Å². The van der Waals surface area contributed by atoms with Crippen LogP contribution < -0.4 is 0 Å². The smallest absolute Gasteiger partial charge is 0.198 e. The molecule has 2 rings (SSSR count). The fourth-order valence-corrected chi connectivity index (χ4v) is 2.34. The predicted molar refractivity (Wildman–Crippen MR) is 71.2 cm³/mol. The summed E-state index contributed by atoms with van der Waals surface area (Å²) in [7, 11) is 0. The molecule has 0 fully saturated rings. The molecule has 120 valence electrons. The number of alkyl halides is 6. The maximum Gasteiger partial charge on any atom is 0.417 e. The molecule has 0 atom stereocenters. The highest BCUT2D eigenvalue weighted by Crippen LogP contribution is 2.41. The molecule has 0 saturated heterocycles. The molecule has 23 heavy (non-hydrogen) atoms. The van der Waals surface area contributed by atoms with Gasteiger partial charge in [-0.3, -0.25) is 0 Å². The zero-order chi connectivity index (χ0) is 17.3. The van der Waals surface area contributed by atoms with Crippen molar-refractivity contribution in [1.29, 1.82) is 5.26 Å². The van der Waals surface area contributed by atoms with E-state index in [1.54, 1.807) is 6.07 Å². The van der Waals surface area contributed by atoms with Gasteiger partial charge in [-0.2, -0.15) is 31.6 Å². The Balaban J connectivity index is 2.78. The summed E-state index contributed by atoms with van der Waals surface area (Å²) in [6, 6.07) is 8.89. The van der Waals surface area contributed by atoms with E-state index in [2.05, 4.69) is 0 Å². The number of rotatable bonds is 2. The molecule has 0 amide bonds. The SMILES string of the molecule is N#CCc1c(-c2ccccc2C(F)(F)F)cccc1C(F)(F)F. The van der Waals surface area contributed by atoms with E-state index in [1.165, 1.54) is 6.07 Å². The van der Waals surface area contributed by atoms with E-state index in [4.69, 9.17) is 5.26 Å². The van der Waals surface area contributed by atoms with Crippen LogP contribution in [0.1, 0.15) is 16.7 Å². The second-order valence-corrected chi connectivity index (χ2v) is 4.71. The Morgan fingerprint density at radius 2 is 1.26 bits per heavy atom. The third-order valence-corrected chi connectivity index (χ3v) is 3.26. The molecule has 2 aromatic carbocycles. The van der Waals surface area contributed by atoms with Crippen molar-refractivity contribution in [1.82, 2.24) is 0 Å². The van der Waals surface area contributed by atoms with Gasteiger partial charge in [0.05, 0.1) is 23.6 Å². The molecular weight excluding hydrogens is 320 g/mol. The van der Waals surface area contributed by atoms with Crippen LogP contribution in [0.5, 0.6) is 0 Å². The summed E-state index contributed by atoms with van der Waals surface area (Å²) >= 11 is 0. The Morgan fingerprint density at radius 3 is 1.83 bits per heavy atom.